The third kappa shape index (κ3) is 6.02. The Morgan fingerprint density at radius 3 is 2.50 bits per heavy atom. The van der Waals surface area contributed by atoms with Crippen LogP contribution in [0.15, 0.2) is 71.7 Å². The lowest BCUT2D eigenvalue weighted by Crippen LogP contribution is -2.30. The fraction of sp³-hybridized carbons (Fsp3) is 0.217. The largest absolute Gasteiger partial charge is 0.483 e. The summed E-state index contributed by atoms with van der Waals surface area (Å²) in [6.45, 7) is 0.116. The van der Waals surface area contributed by atoms with Gasteiger partial charge in [-0.05, 0) is 29.7 Å². The number of hydrogen-bond donors (Lipinski definition) is 2. The molecule has 0 aliphatic rings. The van der Waals surface area contributed by atoms with E-state index in [0.29, 0.717) is 24.2 Å². The van der Waals surface area contributed by atoms with Crippen LogP contribution in [0.2, 0.25) is 0 Å². The average molecular weight is 410 g/mol. The van der Waals surface area contributed by atoms with Crippen molar-refractivity contribution in [2.75, 3.05) is 6.54 Å². The predicted molar refractivity (Wildman–Crippen MR) is 111 cm³/mol. The summed E-state index contributed by atoms with van der Waals surface area (Å²) in [5.74, 6) is -0.547. The van der Waals surface area contributed by atoms with Crippen LogP contribution in [-0.4, -0.2) is 22.1 Å². The van der Waals surface area contributed by atoms with E-state index in [4.69, 9.17) is 4.74 Å². The molecule has 0 bridgehead atoms. The minimum Gasteiger partial charge on any atom is -0.483 e. The maximum absolute atomic E-state index is 13.0. The number of aromatic nitrogens is 1. The maximum Gasteiger partial charge on any atom is 0.239 e. The highest BCUT2D eigenvalue weighted by atomic mass is 19.1. The second kappa shape index (κ2) is 10.4. The van der Waals surface area contributed by atoms with Crippen molar-refractivity contribution >= 4 is 5.91 Å². The third-order valence-electron chi connectivity index (χ3n) is 4.54. The third-order valence-corrected chi connectivity index (χ3v) is 4.54. The van der Waals surface area contributed by atoms with Gasteiger partial charge in [0.2, 0.25) is 11.3 Å². The highest BCUT2D eigenvalue weighted by molar-refractivity contribution is 5.75. The highest BCUT2D eigenvalue weighted by Gasteiger charge is 2.11. The van der Waals surface area contributed by atoms with E-state index in [2.05, 4.69) is 5.32 Å². The number of halogens is 1. The molecule has 30 heavy (non-hydrogen) atoms. The van der Waals surface area contributed by atoms with Crippen molar-refractivity contribution in [1.29, 1.82) is 0 Å². The lowest BCUT2D eigenvalue weighted by Gasteiger charge is -2.14. The summed E-state index contributed by atoms with van der Waals surface area (Å²) in [5, 5.41) is 12.4. The van der Waals surface area contributed by atoms with E-state index >= 15 is 0 Å². The molecule has 3 aromatic rings. The van der Waals surface area contributed by atoms with Gasteiger partial charge in [-0.15, -0.1) is 0 Å². The van der Waals surface area contributed by atoms with Gasteiger partial charge in [0.05, 0.1) is 12.8 Å². The number of benzene rings is 2. The van der Waals surface area contributed by atoms with Gasteiger partial charge >= 0.3 is 0 Å². The van der Waals surface area contributed by atoms with Gasteiger partial charge in [-0.2, -0.15) is 0 Å². The average Bonchev–Trinajstić information content (AvgIpc) is 2.75. The molecule has 7 heteroatoms. The van der Waals surface area contributed by atoms with Gasteiger partial charge in [-0.3, -0.25) is 9.59 Å². The summed E-state index contributed by atoms with van der Waals surface area (Å²) in [5.41, 5.74) is 1.73. The molecular weight excluding hydrogens is 387 g/mol. The number of rotatable bonds is 9. The van der Waals surface area contributed by atoms with Gasteiger partial charge in [-0.1, -0.05) is 42.5 Å². The van der Waals surface area contributed by atoms with Crippen LogP contribution in [-0.2, 0) is 31.0 Å². The lowest BCUT2D eigenvalue weighted by molar-refractivity contribution is -0.121. The van der Waals surface area contributed by atoms with Crippen molar-refractivity contribution in [1.82, 2.24) is 9.88 Å². The van der Waals surface area contributed by atoms with Gasteiger partial charge in [0.1, 0.15) is 19.0 Å². The number of aliphatic hydroxyl groups excluding tert-OH is 1. The molecule has 0 unspecified atom stereocenters. The first kappa shape index (κ1) is 21.3. The molecular formula is C23H23FN2O4. The monoisotopic (exact) mass is 410 g/mol. The molecule has 3 rings (SSSR count). The van der Waals surface area contributed by atoms with Crippen molar-refractivity contribution in [3.05, 3.63) is 99.7 Å². The van der Waals surface area contributed by atoms with Gasteiger partial charge in [0, 0.05) is 18.3 Å². The zero-order chi connectivity index (χ0) is 21.3. The number of ether oxygens (including phenoxy) is 1. The number of carbonyl (C=O) groups excluding carboxylic acids is 1. The number of carbonyl (C=O) groups is 1. The Morgan fingerprint density at radius 2 is 1.80 bits per heavy atom. The van der Waals surface area contributed by atoms with Crippen LogP contribution in [0.5, 0.6) is 5.75 Å². The molecule has 0 radical (unpaired) electrons. The molecule has 0 saturated heterocycles. The van der Waals surface area contributed by atoms with Crippen LogP contribution in [0.3, 0.4) is 0 Å². The molecule has 6 nitrogen and oxygen atoms in total. The first-order valence-electron chi connectivity index (χ1n) is 9.57. The lowest BCUT2D eigenvalue weighted by atomic mass is 10.1. The molecule has 2 aromatic carbocycles. The smallest absolute Gasteiger partial charge is 0.239 e. The number of amides is 1. The molecule has 2 N–H and O–H groups in total. The molecule has 1 heterocycles. The number of pyridine rings is 1. The number of nitrogens with one attached hydrogen (secondary N) is 1. The SMILES string of the molecule is O=C(Cn1cc(OCc2ccc(F)cc2)c(=O)cc1CO)NCCc1ccccc1. The predicted octanol–water partition coefficient (Wildman–Crippen LogP) is 2.42. The minimum absolute atomic E-state index is 0.0496. The molecule has 1 aromatic heterocycles. The Kier molecular flexibility index (Phi) is 7.34. The highest BCUT2D eigenvalue weighted by Crippen LogP contribution is 2.11. The zero-order valence-electron chi connectivity index (χ0n) is 16.4. The zero-order valence-corrected chi connectivity index (χ0v) is 16.4. The summed E-state index contributed by atoms with van der Waals surface area (Å²) in [6.07, 6.45) is 2.11. The quantitative estimate of drug-likeness (QED) is 0.568. The van der Waals surface area contributed by atoms with Crippen LogP contribution in [0.4, 0.5) is 4.39 Å². The van der Waals surface area contributed by atoms with E-state index in [0.717, 1.165) is 5.56 Å². The summed E-state index contributed by atoms with van der Waals surface area (Å²) in [7, 11) is 0. The number of aliphatic hydroxyl groups is 1. The van der Waals surface area contributed by atoms with Crippen molar-refractivity contribution in [2.45, 2.75) is 26.2 Å². The summed E-state index contributed by atoms with van der Waals surface area (Å²) in [6, 6.07) is 16.8. The van der Waals surface area contributed by atoms with Gasteiger partial charge < -0.3 is 19.7 Å². The number of nitrogens with zero attached hydrogens (tertiary/aromatic N) is 1. The first-order valence-corrected chi connectivity index (χ1v) is 9.57. The van der Waals surface area contributed by atoms with Gasteiger partial charge in [0.25, 0.3) is 0 Å². The van der Waals surface area contributed by atoms with E-state index in [1.54, 1.807) is 12.1 Å². The van der Waals surface area contributed by atoms with Crippen LogP contribution in [0.25, 0.3) is 0 Å². The van der Waals surface area contributed by atoms with Crippen LogP contribution in [0, 0.1) is 5.82 Å². The Balaban J connectivity index is 1.62. The van der Waals surface area contributed by atoms with Crippen LogP contribution < -0.4 is 15.5 Å². The molecule has 156 valence electrons. The molecule has 1 amide bonds. The summed E-state index contributed by atoms with van der Waals surface area (Å²) < 4.78 is 20.0. The normalized spacial score (nSPS) is 10.6. The standard InChI is InChI=1S/C23H23FN2O4/c24-19-8-6-18(7-9-19)16-30-22-13-26(20(15-27)12-21(22)28)14-23(29)25-11-10-17-4-2-1-3-5-17/h1-9,12-13,27H,10-11,14-16H2,(H,25,29). The van der Waals surface area contributed by atoms with E-state index in [1.165, 1.54) is 29.0 Å². The van der Waals surface area contributed by atoms with E-state index < -0.39 is 5.43 Å². The Hall–Kier alpha value is -3.45. The Morgan fingerprint density at radius 1 is 1.07 bits per heavy atom. The second-order valence-corrected chi connectivity index (χ2v) is 6.78. The van der Waals surface area contributed by atoms with Crippen LogP contribution >= 0.6 is 0 Å². The molecule has 0 aliphatic heterocycles. The first-order chi connectivity index (χ1) is 14.5. The Labute approximate surface area is 173 Å². The Bertz CT molecular complexity index is 1030. The van der Waals surface area contributed by atoms with Crippen molar-refractivity contribution in [3.63, 3.8) is 0 Å². The maximum atomic E-state index is 13.0. The topological polar surface area (TPSA) is 80.6 Å². The minimum atomic E-state index is -0.401. The fourth-order valence-electron chi connectivity index (χ4n) is 2.93. The summed E-state index contributed by atoms with van der Waals surface area (Å²) in [4.78, 5) is 24.5. The van der Waals surface area contributed by atoms with E-state index in [9.17, 15) is 19.1 Å². The van der Waals surface area contributed by atoms with Crippen molar-refractivity contribution in [2.24, 2.45) is 0 Å². The molecule has 0 saturated carbocycles. The second-order valence-electron chi connectivity index (χ2n) is 6.78. The van der Waals surface area contributed by atoms with Gasteiger partial charge in [-0.25, -0.2) is 4.39 Å². The van der Waals surface area contributed by atoms with Gasteiger partial charge in [0.15, 0.2) is 5.75 Å². The molecule has 0 atom stereocenters. The molecule has 0 spiro atoms. The van der Waals surface area contributed by atoms with E-state index in [-0.39, 0.29) is 37.2 Å². The van der Waals surface area contributed by atoms with Crippen LogP contribution in [0.1, 0.15) is 16.8 Å². The number of hydrogen-bond acceptors (Lipinski definition) is 4. The molecule has 0 aliphatic carbocycles. The van der Waals surface area contributed by atoms with Crippen molar-refractivity contribution in [3.8, 4) is 5.75 Å². The van der Waals surface area contributed by atoms with Crippen molar-refractivity contribution < 1.29 is 19.0 Å². The molecule has 0 fully saturated rings. The summed E-state index contributed by atoms with van der Waals surface area (Å²) >= 11 is 0. The fourth-order valence-corrected chi connectivity index (χ4v) is 2.93. The van der Waals surface area contributed by atoms with E-state index in [1.807, 2.05) is 30.3 Å².